The van der Waals surface area contributed by atoms with Crippen LogP contribution >= 0.6 is 0 Å². The number of nitrogens with zero attached hydrogens (tertiary/aromatic N) is 2. The van der Waals surface area contributed by atoms with Crippen molar-refractivity contribution in [2.24, 2.45) is 0 Å². The molecule has 0 unspecified atom stereocenters. The van der Waals surface area contributed by atoms with E-state index in [0.29, 0.717) is 6.10 Å². The molecule has 2 aliphatic rings. The zero-order valence-electron chi connectivity index (χ0n) is 16.6. The Morgan fingerprint density at radius 2 is 1.72 bits per heavy atom. The van der Waals surface area contributed by atoms with Gasteiger partial charge in [-0.2, -0.15) is 0 Å². The van der Waals surface area contributed by atoms with Gasteiger partial charge in [-0.3, -0.25) is 4.98 Å². The normalized spacial score (nSPS) is 18.1. The van der Waals surface area contributed by atoms with E-state index in [1.807, 2.05) is 12.3 Å². The molecule has 0 bridgehead atoms. The molecule has 2 saturated heterocycles. The van der Waals surface area contributed by atoms with E-state index in [4.69, 9.17) is 14.5 Å². The molecule has 0 radical (unpaired) electrons. The van der Waals surface area contributed by atoms with E-state index < -0.39 is 0 Å². The number of piperidine rings is 1. The summed E-state index contributed by atoms with van der Waals surface area (Å²) in [5.74, 6) is 0.947. The van der Waals surface area contributed by atoms with Crippen molar-refractivity contribution in [3.63, 3.8) is 0 Å². The Bertz CT molecular complexity index is 962. The minimum atomic E-state index is 0.313. The number of benzene rings is 2. The Balaban J connectivity index is 1.49. The Morgan fingerprint density at radius 3 is 2.52 bits per heavy atom. The number of anilines is 1. The van der Waals surface area contributed by atoms with Gasteiger partial charge in [0.2, 0.25) is 0 Å². The molecular weight excluding hydrogens is 362 g/mol. The topological polar surface area (TPSA) is 46.6 Å². The molecule has 2 aromatic carbocycles. The largest absolute Gasteiger partial charge is 0.490 e. The van der Waals surface area contributed by atoms with Crippen molar-refractivity contribution >= 4 is 16.6 Å². The number of nitrogens with one attached hydrogen (secondary N) is 1. The van der Waals surface area contributed by atoms with Crippen LogP contribution in [0.15, 0.2) is 54.7 Å². The van der Waals surface area contributed by atoms with Gasteiger partial charge >= 0.3 is 0 Å². The van der Waals surface area contributed by atoms with Crippen LogP contribution in [-0.4, -0.2) is 50.5 Å². The fraction of sp³-hybridized carbons (Fsp3) is 0.375. The molecule has 0 spiro atoms. The van der Waals surface area contributed by atoms with E-state index in [0.717, 1.165) is 63.5 Å². The second-order valence-electron chi connectivity index (χ2n) is 7.73. The van der Waals surface area contributed by atoms with Gasteiger partial charge in [-0.1, -0.05) is 30.3 Å². The number of pyridine rings is 1. The standard InChI is InChI=1S/C24H27N3O2/c1-2-4-23-21(3-1)24(27-13-15-28-16-14-27)22(17-26-23)18-5-7-19(8-6-18)29-20-9-11-25-12-10-20/h1-8,17,20,25H,9-16H2. The summed E-state index contributed by atoms with van der Waals surface area (Å²) in [6, 6.07) is 16.9. The first-order chi connectivity index (χ1) is 14.4. The number of fused-ring (bicyclic) bond motifs is 1. The van der Waals surface area contributed by atoms with Gasteiger partial charge < -0.3 is 19.7 Å². The van der Waals surface area contributed by atoms with Crippen LogP contribution in [0, 0.1) is 0 Å². The summed E-state index contributed by atoms with van der Waals surface area (Å²) in [6.07, 6.45) is 4.46. The lowest BCUT2D eigenvalue weighted by Gasteiger charge is -2.31. The Hall–Kier alpha value is -2.63. The summed E-state index contributed by atoms with van der Waals surface area (Å²) in [7, 11) is 0. The monoisotopic (exact) mass is 389 g/mol. The van der Waals surface area contributed by atoms with Crippen LogP contribution < -0.4 is 15.0 Å². The van der Waals surface area contributed by atoms with E-state index in [2.05, 4.69) is 52.7 Å². The average Bonchev–Trinajstić information content (AvgIpc) is 2.80. The second-order valence-corrected chi connectivity index (χ2v) is 7.73. The Morgan fingerprint density at radius 1 is 0.966 bits per heavy atom. The van der Waals surface area contributed by atoms with Crippen molar-refractivity contribution in [1.82, 2.24) is 10.3 Å². The van der Waals surface area contributed by atoms with Crippen molar-refractivity contribution in [3.05, 3.63) is 54.7 Å². The summed E-state index contributed by atoms with van der Waals surface area (Å²) >= 11 is 0. The van der Waals surface area contributed by atoms with E-state index in [-0.39, 0.29) is 0 Å². The van der Waals surface area contributed by atoms with Gasteiger partial charge in [0, 0.05) is 30.2 Å². The minimum Gasteiger partial charge on any atom is -0.490 e. The van der Waals surface area contributed by atoms with Gasteiger partial charge in [0.05, 0.1) is 24.4 Å². The second kappa shape index (κ2) is 8.39. The molecule has 150 valence electrons. The van der Waals surface area contributed by atoms with Crippen molar-refractivity contribution in [1.29, 1.82) is 0 Å². The van der Waals surface area contributed by atoms with Gasteiger partial charge in [-0.05, 0) is 49.7 Å². The maximum atomic E-state index is 6.18. The highest BCUT2D eigenvalue weighted by Crippen LogP contribution is 2.37. The summed E-state index contributed by atoms with van der Waals surface area (Å²) in [5.41, 5.74) is 4.62. The van der Waals surface area contributed by atoms with Crippen LogP contribution in [-0.2, 0) is 4.74 Å². The SMILES string of the molecule is c1ccc2c(N3CCOCC3)c(-c3ccc(OC4CCNCC4)cc3)cnc2c1. The molecule has 0 saturated carbocycles. The molecule has 5 rings (SSSR count). The van der Waals surface area contributed by atoms with E-state index in [9.17, 15) is 0 Å². The number of hydrogen-bond donors (Lipinski definition) is 1. The molecule has 3 aromatic rings. The summed E-state index contributed by atoms with van der Waals surface area (Å²) in [4.78, 5) is 7.17. The van der Waals surface area contributed by atoms with Crippen LogP contribution in [0.3, 0.4) is 0 Å². The molecular formula is C24H27N3O2. The lowest BCUT2D eigenvalue weighted by molar-refractivity contribution is 0.123. The molecule has 1 N–H and O–H groups in total. The fourth-order valence-corrected chi connectivity index (χ4v) is 4.28. The third kappa shape index (κ3) is 3.93. The van der Waals surface area contributed by atoms with Crippen LogP contribution in [0.25, 0.3) is 22.0 Å². The summed E-state index contributed by atoms with van der Waals surface area (Å²) in [6.45, 7) is 5.40. The van der Waals surface area contributed by atoms with Gasteiger partial charge in [0.25, 0.3) is 0 Å². The first-order valence-electron chi connectivity index (χ1n) is 10.6. The van der Waals surface area contributed by atoms with Crippen molar-refractivity contribution in [2.75, 3.05) is 44.3 Å². The van der Waals surface area contributed by atoms with E-state index in [1.54, 1.807) is 0 Å². The zero-order valence-corrected chi connectivity index (χ0v) is 16.6. The maximum absolute atomic E-state index is 6.18. The first-order valence-corrected chi connectivity index (χ1v) is 10.6. The Labute approximate surface area is 171 Å². The molecule has 3 heterocycles. The van der Waals surface area contributed by atoms with Crippen LogP contribution in [0.4, 0.5) is 5.69 Å². The number of para-hydroxylation sites is 1. The van der Waals surface area contributed by atoms with Gasteiger partial charge in [0.15, 0.2) is 0 Å². The number of hydrogen-bond acceptors (Lipinski definition) is 5. The van der Waals surface area contributed by atoms with Gasteiger partial charge in [-0.15, -0.1) is 0 Å². The summed E-state index contributed by atoms with van der Waals surface area (Å²) < 4.78 is 11.8. The maximum Gasteiger partial charge on any atom is 0.119 e. The molecule has 5 heteroatoms. The predicted octanol–water partition coefficient (Wildman–Crippen LogP) is 3.87. The molecule has 0 aliphatic carbocycles. The summed E-state index contributed by atoms with van der Waals surface area (Å²) in [5, 5.41) is 4.58. The van der Waals surface area contributed by atoms with Crippen LogP contribution in [0.5, 0.6) is 5.75 Å². The highest BCUT2D eigenvalue weighted by atomic mass is 16.5. The molecule has 0 atom stereocenters. The molecule has 5 nitrogen and oxygen atoms in total. The lowest BCUT2D eigenvalue weighted by atomic mass is 10.0. The molecule has 2 fully saturated rings. The quantitative estimate of drug-likeness (QED) is 0.734. The zero-order chi connectivity index (χ0) is 19.5. The van der Waals surface area contributed by atoms with Crippen molar-refractivity contribution in [2.45, 2.75) is 18.9 Å². The van der Waals surface area contributed by atoms with Crippen LogP contribution in [0.2, 0.25) is 0 Å². The number of morpholine rings is 1. The molecule has 2 aliphatic heterocycles. The minimum absolute atomic E-state index is 0.313. The van der Waals surface area contributed by atoms with Crippen molar-refractivity contribution < 1.29 is 9.47 Å². The van der Waals surface area contributed by atoms with Gasteiger partial charge in [-0.25, -0.2) is 0 Å². The number of ether oxygens (including phenoxy) is 2. The highest BCUT2D eigenvalue weighted by molar-refractivity contribution is 5.99. The van der Waals surface area contributed by atoms with Gasteiger partial charge in [0.1, 0.15) is 11.9 Å². The average molecular weight is 389 g/mol. The molecule has 0 amide bonds. The smallest absolute Gasteiger partial charge is 0.119 e. The van der Waals surface area contributed by atoms with Crippen molar-refractivity contribution in [3.8, 4) is 16.9 Å². The third-order valence-electron chi connectivity index (χ3n) is 5.83. The van der Waals surface area contributed by atoms with E-state index >= 15 is 0 Å². The Kier molecular flexibility index (Phi) is 5.33. The first kappa shape index (κ1) is 18.4. The number of aromatic nitrogens is 1. The molecule has 1 aromatic heterocycles. The lowest BCUT2D eigenvalue weighted by Crippen LogP contribution is -2.36. The van der Waals surface area contributed by atoms with Crippen LogP contribution in [0.1, 0.15) is 12.8 Å². The van der Waals surface area contributed by atoms with E-state index in [1.165, 1.54) is 22.2 Å². The predicted molar refractivity (Wildman–Crippen MR) is 117 cm³/mol. The number of rotatable bonds is 4. The molecule has 29 heavy (non-hydrogen) atoms. The fourth-order valence-electron chi connectivity index (χ4n) is 4.28. The highest BCUT2D eigenvalue weighted by Gasteiger charge is 2.20. The third-order valence-corrected chi connectivity index (χ3v) is 5.83.